The Kier molecular flexibility index (Phi) is 4.37. The number of ether oxygens (including phenoxy) is 1. The van der Waals surface area contributed by atoms with Gasteiger partial charge >= 0.3 is 5.97 Å². The fraction of sp³-hybridized carbons (Fsp3) is 0.364. The van der Waals surface area contributed by atoms with Gasteiger partial charge in [0.2, 0.25) is 0 Å². The molecule has 0 saturated heterocycles. The van der Waals surface area contributed by atoms with Crippen LogP contribution in [0.15, 0.2) is 12.1 Å². The van der Waals surface area contributed by atoms with Crippen LogP contribution in [-0.2, 0) is 9.53 Å². The molecule has 0 unspecified atom stereocenters. The van der Waals surface area contributed by atoms with E-state index in [0.717, 1.165) is 6.07 Å². The first kappa shape index (κ1) is 13.3. The van der Waals surface area contributed by atoms with Gasteiger partial charge in [-0.1, -0.05) is 0 Å². The second-order valence-electron chi connectivity index (χ2n) is 3.64. The topological polar surface area (TPSA) is 38.3 Å². The Balaban J connectivity index is 2.66. The first-order chi connectivity index (χ1) is 7.90. The van der Waals surface area contributed by atoms with Crippen molar-refractivity contribution in [2.24, 2.45) is 0 Å². The molecule has 6 heteroatoms. The quantitative estimate of drug-likeness (QED) is 0.656. The van der Waals surface area contributed by atoms with Gasteiger partial charge in [-0.05, 0) is 13.8 Å². The second kappa shape index (κ2) is 5.56. The number of hydrogen-bond donors (Lipinski definition) is 1. The summed E-state index contributed by atoms with van der Waals surface area (Å²) in [5.41, 5.74) is -0.414. The monoisotopic (exact) mass is 247 g/mol. The highest BCUT2D eigenvalue weighted by Crippen LogP contribution is 2.18. The van der Waals surface area contributed by atoms with Gasteiger partial charge in [0.25, 0.3) is 0 Å². The van der Waals surface area contributed by atoms with E-state index in [1.165, 1.54) is 0 Å². The molecule has 1 rings (SSSR count). The minimum absolute atomic E-state index is 0.307. The Morgan fingerprint density at radius 2 is 2.00 bits per heavy atom. The van der Waals surface area contributed by atoms with E-state index in [9.17, 15) is 18.0 Å². The molecule has 0 aromatic heterocycles. The van der Waals surface area contributed by atoms with E-state index in [0.29, 0.717) is 6.07 Å². The molecule has 0 radical (unpaired) electrons. The first-order valence-electron chi connectivity index (χ1n) is 4.98. The van der Waals surface area contributed by atoms with Crippen molar-refractivity contribution >= 4 is 11.7 Å². The van der Waals surface area contributed by atoms with Crippen molar-refractivity contribution in [2.75, 3.05) is 11.9 Å². The molecule has 0 aliphatic rings. The van der Waals surface area contributed by atoms with Gasteiger partial charge in [-0.2, -0.15) is 0 Å². The maximum Gasteiger partial charge on any atom is 0.325 e. The van der Waals surface area contributed by atoms with Crippen LogP contribution in [-0.4, -0.2) is 18.6 Å². The van der Waals surface area contributed by atoms with Crippen LogP contribution < -0.4 is 5.32 Å². The van der Waals surface area contributed by atoms with Crippen LogP contribution in [0, 0.1) is 17.5 Å². The van der Waals surface area contributed by atoms with Gasteiger partial charge in [0.1, 0.15) is 12.4 Å². The van der Waals surface area contributed by atoms with Gasteiger partial charge < -0.3 is 10.1 Å². The maximum atomic E-state index is 13.1. The minimum Gasteiger partial charge on any atom is -0.462 e. The summed E-state index contributed by atoms with van der Waals surface area (Å²) >= 11 is 0. The third-order valence-corrected chi connectivity index (χ3v) is 1.78. The minimum atomic E-state index is -1.32. The number of anilines is 1. The van der Waals surface area contributed by atoms with Crippen LogP contribution in [0.3, 0.4) is 0 Å². The number of benzene rings is 1. The van der Waals surface area contributed by atoms with E-state index >= 15 is 0 Å². The molecule has 0 heterocycles. The van der Waals surface area contributed by atoms with Crippen molar-refractivity contribution in [3.8, 4) is 0 Å². The lowest BCUT2D eigenvalue weighted by molar-refractivity contribution is -0.145. The molecule has 0 saturated carbocycles. The molecule has 0 spiro atoms. The third-order valence-electron chi connectivity index (χ3n) is 1.78. The van der Waals surface area contributed by atoms with E-state index < -0.39 is 29.1 Å². The van der Waals surface area contributed by atoms with Crippen LogP contribution >= 0.6 is 0 Å². The summed E-state index contributed by atoms with van der Waals surface area (Å²) in [6, 6.07) is 1.19. The molecule has 0 bridgehead atoms. The summed E-state index contributed by atoms with van der Waals surface area (Å²) in [6.07, 6.45) is -0.307. The average Bonchev–Trinajstić information content (AvgIpc) is 2.20. The molecule has 0 amide bonds. The van der Waals surface area contributed by atoms with E-state index in [2.05, 4.69) is 5.32 Å². The van der Waals surface area contributed by atoms with Gasteiger partial charge in [0.05, 0.1) is 11.8 Å². The van der Waals surface area contributed by atoms with E-state index in [1.54, 1.807) is 13.8 Å². The molecule has 94 valence electrons. The Labute approximate surface area is 96.6 Å². The number of hydrogen-bond acceptors (Lipinski definition) is 3. The molecule has 1 aromatic rings. The Morgan fingerprint density at radius 1 is 1.35 bits per heavy atom. The molecular weight excluding hydrogens is 235 g/mol. The van der Waals surface area contributed by atoms with Crippen LogP contribution in [0.1, 0.15) is 13.8 Å². The predicted molar refractivity (Wildman–Crippen MR) is 56.0 cm³/mol. The number of carbonyl (C=O) groups is 1. The van der Waals surface area contributed by atoms with Crippen molar-refractivity contribution in [3.63, 3.8) is 0 Å². The summed E-state index contributed by atoms with van der Waals surface area (Å²) < 4.78 is 43.5. The number of esters is 1. The smallest absolute Gasteiger partial charge is 0.325 e. The lowest BCUT2D eigenvalue weighted by atomic mass is 10.3. The SMILES string of the molecule is CC(C)OC(=O)CNc1cc(F)cc(F)c1F. The summed E-state index contributed by atoms with van der Waals surface area (Å²) in [4.78, 5) is 11.1. The summed E-state index contributed by atoms with van der Waals surface area (Å²) in [6.45, 7) is 2.94. The van der Waals surface area contributed by atoms with E-state index in [-0.39, 0.29) is 12.6 Å². The van der Waals surface area contributed by atoms with Gasteiger partial charge in [-0.3, -0.25) is 4.79 Å². The molecule has 0 aliphatic carbocycles. The van der Waals surface area contributed by atoms with Crippen LogP contribution in [0.4, 0.5) is 18.9 Å². The van der Waals surface area contributed by atoms with Crippen molar-refractivity contribution in [1.82, 2.24) is 0 Å². The molecule has 0 aliphatic heterocycles. The maximum absolute atomic E-state index is 13.1. The summed E-state index contributed by atoms with van der Waals surface area (Å²) in [7, 11) is 0. The van der Waals surface area contributed by atoms with Crippen molar-refractivity contribution < 1.29 is 22.7 Å². The number of carbonyl (C=O) groups excluding carboxylic acids is 1. The fourth-order valence-corrected chi connectivity index (χ4v) is 1.16. The Hall–Kier alpha value is -1.72. The molecule has 0 atom stereocenters. The lowest BCUT2D eigenvalue weighted by Gasteiger charge is -2.10. The standard InChI is InChI=1S/C11H12F3NO2/c1-6(2)17-10(16)5-15-9-4-7(12)3-8(13)11(9)14/h3-4,6,15H,5H2,1-2H3. The van der Waals surface area contributed by atoms with Crippen molar-refractivity contribution in [3.05, 3.63) is 29.6 Å². The highest BCUT2D eigenvalue weighted by atomic mass is 19.2. The zero-order valence-electron chi connectivity index (χ0n) is 9.39. The van der Waals surface area contributed by atoms with Gasteiger partial charge in [0.15, 0.2) is 11.6 Å². The molecule has 1 N–H and O–H groups in total. The van der Waals surface area contributed by atoms with Crippen LogP contribution in [0.5, 0.6) is 0 Å². The Morgan fingerprint density at radius 3 is 2.59 bits per heavy atom. The first-order valence-corrected chi connectivity index (χ1v) is 4.98. The Bertz CT molecular complexity index is 421. The molecule has 0 fully saturated rings. The number of nitrogens with one attached hydrogen (secondary N) is 1. The normalized spacial score (nSPS) is 10.5. The van der Waals surface area contributed by atoms with Gasteiger partial charge in [0, 0.05) is 12.1 Å². The lowest BCUT2D eigenvalue weighted by Crippen LogP contribution is -2.20. The number of rotatable bonds is 4. The van der Waals surface area contributed by atoms with Crippen LogP contribution in [0.2, 0.25) is 0 Å². The summed E-state index contributed by atoms with van der Waals surface area (Å²) in [5, 5.41) is 2.27. The average molecular weight is 247 g/mol. The third kappa shape index (κ3) is 3.97. The predicted octanol–water partition coefficient (Wildman–Crippen LogP) is 2.47. The van der Waals surface area contributed by atoms with E-state index in [1.807, 2.05) is 0 Å². The van der Waals surface area contributed by atoms with Gasteiger partial charge in [-0.15, -0.1) is 0 Å². The number of halogens is 3. The van der Waals surface area contributed by atoms with E-state index in [4.69, 9.17) is 4.74 Å². The molecular formula is C11H12F3NO2. The zero-order chi connectivity index (χ0) is 13.0. The molecule has 1 aromatic carbocycles. The zero-order valence-corrected chi connectivity index (χ0v) is 9.39. The van der Waals surface area contributed by atoms with Crippen molar-refractivity contribution in [2.45, 2.75) is 20.0 Å². The van der Waals surface area contributed by atoms with Crippen molar-refractivity contribution in [1.29, 1.82) is 0 Å². The summed E-state index contributed by atoms with van der Waals surface area (Å²) in [5.74, 6) is -4.11. The second-order valence-corrected chi connectivity index (χ2v) is 3.64. The highest BCUT2D eigenvalue weighted by Gasteiger charge is 2.12. The van der Waals surface area contributed by atoms with Gasteiger partial charge in [-0.25, -0.2) is 13.2 Å². The molecule has 17 heavy (non-hydrogen) atoms. The fourth-order valence-electron chi connectivity index (χ4n) is 1.16. The highest BCUT2D eigenvalue weighted by molar-refractivity contribution is 5.75. The molecule has 3 nitrogen and oxygen atoms in total. The van der Waals surface area contributed by atoms with Crippen LogP contribution in [0.25, 0.3) is 0 Å². The largest absolute Gasteiger partial charge is 0.462 e.